The molecule has 2 fully saturated rings. The van der Waals surface area contributed by atoms with E-state index in [-0.39, 0.29) is 17.7 Å². The van der Waals surface area contributed by atoms with Crippen LogP contribution in [0.15, 0.2) is 30.6 Å². The molecular formula is C24H26F3N3O3. The van der Waals surface area contributed by atoms with E-state index in [4.69, 9.17) is 9.47 Å². The summed E-state index contributed by atoms with van der Waals surface area (Å²) in [4.78, 5) is 7.56. The molecule has 4 heterocycles. The SMILES string of the molecule is Cc1c[nH]c2ncc(-c3cc(OC(F)(F)F)c(C4CCOCC4)c(C4COCCN4)c3)cc12. The molecule has 2 aliphatic rings. The first kappa shape index (κ1) is 22.2. The Bertz CT molecular complexity index is 1130. The fourth-order valence-corrected chi connectivity index (χ4v) is 4.79. The molecule has 0 bridgehead atoms. The van der Waals surface area contributed by atoms with Crippen molar-refractivity contribution in [2.75, 3.05) is 33.0 Å². The number of alkyl halides is 3. The molecule has 2 aliphatic heterocycles. The first-order valence-electron chi connectivity index (χ1n) is 11.2. The number of fused-ring (bicyclic) bond motifs is 1. The maximum Gasteiger partial charge on any atom is 0.573 e. The lowest BCUT2D eigenvalue weighted by molar-refractivity contribution is -0.275. The van der Waals surface area contributed by atoms with E-state index in [2.05, 4.69) is 20.0 Å². The Balaban J connectivity index is 1.68. The Morgan fingerprint density at radius 3 is 2.61 bits per heavy atom. The van der Waals surface area contributed by atoms with Gasteiger partial charge in [0.1, 0.15) is 11.4 Å². The Hall–Kier alpha value is -2.62. The van der Waals surface area contributed by atoms with Gasteiger partial charge in [-0.15, -0.1) is 13.2 Å². The molecule has 6 nitrogen and oxygen atoms in total. The molecule has 0 amide bonds. The van der Waals surface area contributed by atoms with Crippen molar-refractivity contribution in [2.24, 2.45) is 0 Å². The van der Waals surface area contributed by atoms with Gasteiger partial charge in [0.15, 0.2) is 0 Å². The molecule has 1 unspecified atom stereocenters. The standard InChI is InChI=1S/C24H26F3N3O3/c1-14-11-29-23-18(14)9-17(12-30-23)16-8-19(20-13-32-7-4-28-20)22(15-2-5-31-6-3-15)21(10-16)33-24(25,26)27/h8-12,15,20,28H,2-7,13H2,1H3,(H,29,30). The highest BCUT2D eigenvalue weighted by Crippen LogP contribution is 2.43. The van der Waals surface area contributed by atoms with E-state index in [0.29, 0.717) is 56.9 Å². The minimum Gasteiger partial charge on any atom is -0.405 e. The van der Waals surface area contributed by atoms with Gasteiger partial charge >= 0.3 is 6.36 Å². The highest BCUT2D eigenvalue weighted by molar-refractivity contribution is 5.84. The Labute approximate surface area is 189 Å². The van der Waals surface area contributed by atoms with Crippen molar-refractivity contribution in [3.8, 4) is 16.9 Å². The molecule has 5 rings (SSSR count). The summed E-state index contributed by atoms with van der Waals surface area (Å²) in [5.41, 5.74) is 4.49. The van der Waals surface area contributed by atoms with Gasteiger partial charge in [-0.05, 0) is 60.6 Å². The lowest BCUT2D eigenvalue weighted by Crippen LogP contribution is -2.35. The number of benzene rings is 1. The molecule has 33 heavy (non-hydrogen) atoms. The van der Waals surface area contributed by atoms with Gasteiger partial charge in [0.05, 0.1) is 19.3 Å². The molecule has 1 aromatic carbocycles. The van der Waals surface area contributed by atoms with Crippen LogP contribution in [0.3, 0.4) is 0 Å². The molecular weight excluding hydrogens is 435 g/mol. The number of nitrogens with one attached hydrogen (secondary N) is 2. The summed E-state index contributed by atoms with van der Waals surface area (Å²) in [6.07, 6.45) is 0.0242. The van der Waals surface area contributed by atoms with Crippen LogP contribution in [0.1, 0.15) is 41.5 Å². The largest absolute Gasteiger partial charge is 0.573 e. The van der Waals surface area contributed by atoms with E-state index >= 15 is 0 Å². The predicted molar refractivity (Wildman–Crippen MR) is 117 cm³/mol. The van der Waals surface area contributed by atoms with E-state index in [1.54, 1.807) is 6.20 Å². The summed E-state index contributed by atoms with van der Waals surface area (Å²) >= 11 is 0. The van der Waals surface area contributed by atoms with Crippen LogP contribution in [0.2, 0.25) is 0 Å². The summed E-state index contributed by atoms with van der Waals surface area (Å²) in [6.45, 7) is 4.58. The minimum atomic E-state index is -4.80. The van der Waals surface area contributed by atoms with Gasteiger partial charge in [-0.2, -0.15) is 0 Å². The second kappa shape index (κ2) is 8.96. The van der Waals surface area contributed by atoms with E-state index in [1.165, 1.54) is 6.07 Å². The summed E-state index contributed by atoms with van der Waals surface area (Å²) in [6, 6.07) is 5.18. The molecule has 2 saturated heterocycles. The van der Waals surface area contributed by atoms with Gasteiger partial charge in [-0.25, -0.2) is 4.98 Å². The van der Waals surface area contributed by atoms with Gasteiger partial charge in [-0.3, -0.25) is 0 Å². The Morgan fingerprint density at radius 1 is 1.06 bits per heavy atom. The highest BCUT2D eigenvalue weighted by Gasteiger charge is 2.36. The number of H-pyrrole nitrogens is 1. The molecule has 2 N–H and O–H groups in total. The van der Waals surface area contributed by atoms with E-state index in [0.717, 1.165) is 27.7 Å². The van der Waals surface area contributed by atoms with Crippen LogP contribution in [0.5, 0.6) is 5.75 Å². The van der Waals surface area contributed by atoms with Gasteiger partial charge in [0.25, 0.3) is 0 Å². The maximum atomic E-state index is 13.5. The molecule has 0 radical (unpaired) electrons. The first-order chi connectivity index (χ1) is 15.9. The first-order valence-corrected chi connectivity index (χ1v) is 11.2. The number of aryl methyl sites for hydroxylation is 1. The number of nitrogens with zero attached hydrogens (tertiary/aromatic N) is 1. The van der Waals surface area contributed by atoms with Crippen molar-refractivity contribution in [3.63, 3.8) is 0 Å². The number of halogens is 3. The Kier molecular flexibility index (Phi) is 6.03. The zero-order valence-electron chi connectivity index (χ0n) is 18.3. The van der Waals surface area contributed by atoms with Crippen molar-refractivity contribution in [1.82, 2.24) is 15.3 Å². The van der Waals surface area contributed by atoms with E-state index in [1.807, 2.05) is 25.3 Å². The van der Waals surface area contributed by atoms with Crippen LogP contribution >= 0.6 is 0 Å². The highest BCUT2D eigenvalue weighted by atomic mass is 19.4. The third kappa shape index (κ3) is 4.71. The van der Waals surface area contributed by atoms with Gasteiger partial charge in [0.2, 0.25) is 0 Å². The second-order valence-corrected chi connectivity index (χ2v) is 8.59. The van der Waals surface area contributed by atoms with E-state index < -0.39 is 6.36 Å². The number of rotatable bonds is 4. The molecule has 9 heteroatoms. The molecule has 0 spiro atoms. The molecule has 176 valence electrons. The van der Waals surface area contributed by atoms with Crippen LogP contribution in [-0.4, -0.2) is 49.3 Å². The zero-order valence-corrected chi connectivity index (χ0v) is 18.3. The van der Waals surface area contributed by atoms with Crippen molar-refractivity contribution in [1.29, 1.82) is 0 Å². The monoisotopic (exact) mass is 461 g/mol. The number of pyridine rings is 1. The number of hydrogen-bond donors (Lipinski definition) is 2. The van der Waals surface area contributed by atoms with Crippen LogP contribution in [0.4, 0.5) is 13.2 Å². The van der Waals surface area contributed by atoms with Gasteiger partial charge < -0.3 is 24.5 Å². The van der Waals surface area contributed by atoms with Gasteiger partial charge in [0, 0.05) is 48.7 Å². The minimum absolute atomic E-state index is 0.0867. The maximum absolute atomic E-state index is 13.5. The summed E-state index contributed by atoms with van der Waals surface area (Å²) in [7, 11) is 0. The van der Waals surface area contributed by atoms with Crippen molar-refractivity contribution in [2.45, 2.75) is 38.1 Å². The summed E-state index contributed by atoms with van der Waals surface area (Å²) in [5.74, 6) is -0.239. The molecule has 0 saturated carbocycles. The number of hydrogen-bond acceptors (Lipinski definition) is 5. The number of aromatic amines is 1. The summed E-state index contributed by atoms with van der Waals surface area (Å²) in [5, 5.41) is 4.34. The number of aromatic nitrogens is 2. The fourth-order valence-electron chi connectivity index (χ4n) is 4.79. The smallest absolute Gasteiger partial charge is 0.405 e. The van der Waals surface area contributed by atoms with Crippen LogP contribution < -0.4 is 10.1 Å². The third-order valence-electron chi connectivity index (χ3n) is 6.40. The molecule has 3 aromatic rings. The third-order valence-corrected chi connectivity index (χ3v) is 6.40. The second-order valence-electron chi connectivity index (χ2n) is 8.59. The van der Waals surface area contributed by atoms with Crippen molar-refractivity contribution < 1.29 is 27.4 Å². The van der Waals surface area contributed by atoms with E-state index in [9.17, 15) is 13.2 Å². The van der Waals surface area contributed by atoms with Crippen LogP contribution in [-0.2, 0) is 9.47 Å². The van der Waals surface area contributed by atoms with Gasteiger partial charge in [-0.1, -0.05) is 0 Å². The number of morpholine rings is 1. The molecule has 1 atom stereocenters. The summed E-state index contributed by atoms with van der Waals surface area (Å²) < 4.78 is 56.3. The molecule has 0 aliphatic carbocycles. The van der Waals surface area contributed by atoms with Crippen LogP contribution in [0.25, 0.3) is 22.2 Å². The number of ether oxygens (including phenoxy) is 3. The average molecular weight is 461 g/mol. The fraction of sp³-hybridized carbons (Fsp3) is 0.458. The predicted octanol–water partition coefficient (Wildman–Crippen LogP) is 4.99. The molecule has 2 aromatic heterocycles. The zero-order chi connectivity index (χ0) is 23.0. The average Bonchev–Trinajstić information content (AvgIpc) is 3.19. The quantitative estimate of drug-likeness (QED) is 0.573. The topological polar surface area (TPSA) is 68.4 Å². The normalized spacial score (nSPS) is 20.3. The van der Waals surface area contributed by atoms with Crippen molar-refractivity contribution in [3.05, 3.63) is 47.3 Å². The Morgan fingerprint density at radius 2 is 1.88 bits per heavy atom. The lowest BCUT2D eigenvalue weighted by atomic mass is 9.83. The van der Waals surface area contributed by atoms with Crippen molar-refractivity contribution >= 4 is 11.0 Å². The van der Waals surface area contributed by atoms with Crippen LogP contribution in [0, 0.1) is 6.92 Å². The lowest BCUT2D eigenvalue weighted by Gasteiger charge is -2.32.